The Hall–Kier alpha value is -3.20. The summed E-state index contributed by atoms with van der Waals surface area (Å²) in [5, 5.41) is 9.97. The maximum absolute atomic E-state index is 13.4. The Bertz CT molecular complexity index is 1100. The second kappa shape index (κ2) is 7.32. The number of esters is 1. The molecule has 0 bridgehead atoms. The van der Waals surface area contributed by atoms with Gasteiger partial charge in [0.2, 0.25) is 0 Å². The largest absolute Gasteiger partial charge is 0.479 e. The number of carbonyl (C=O) groups is 3. The molecule has 0 amide bonds. The number of carboxylic acids is 1. The predicted molar refractivity (Wildman–Crippen MR) is 103 cm³/mol. The Morgan fingerprint density at radius 2 is 1.79 bits per heavy atom. The molecule has 1 unspecified atom stereocenters. The van der Waals surface area contributed by atoms with Crippen LogP contribution in [-0.2, 0) is 42.0 Å². The molecule has 0 fully saturated rings. The van der Waals surface area contributed by atoms with Gasteiger partial charge in [0.15, 0.2) is 0 Å². The Balaban J connectivity index is 2.28. The molecule has 0 aromatic heterocycles. The van der Waals surface area contributed by atoms with Crippen molar-refractivity contribution < 1.29 is 32.6 Å². The fraction of sp³-hybridized carbons (Fsp3) is 0.250. The Morgan fingerprint density at radius 1 is 1.14 bits per heavy atom. The van der Waals surface area contributed by atoms with Crippen molar-refractivity contribution in [3.63, 3.8) is 0 Å². The first-order valence-electron chi connectivity index (χ1n) is 8.68. The molecule has 0 spiro atoms. The maximum atomic E-state index is 13.4. The number of fused-ring (bicyclic) bond motifs is 1. The zero-order chi connectivity index (χ0) is 21.4. The lowest BCUT2D eigenvalue weighted by Gasteiger charge is -2.33. The van der Waals surface area contributed by atoms with Crippen LogP contribution in [0.4, 0.5) is 5.69 Å². The van der Waals surface area contributed by atoms with Crippen LogP contribution in [0.1, 0.15) is 18.1 Å². The van der Waals surface area contributed by atoms with Crippen LogP contribution in [0.15, 0.2) is 53.4 Å². The summed E-state index contributed by atoms with van der Waals surface area (Å²) in [7, 11) is -3.41. The van der Waals surface area contributed by atoms with E-state index in [0.717, 1.165) is 7.11 Å². The van der Waals surface area contributed by atoms with Crippen LogP contribution >= 0.6 is 0 Å². The number of ether oxygens (including phenoxy) is 1. The van der Waals surface area contributed by atoms with Gasteiger partial charge in [0, 0.05) is 12.8 Å². The number of anilines is 1. The number of Topliss-reactive ketones (excluding diaryl/α,β-unsaturated/α-hetero) is 1. The average Bonchev–Trinajstić information content (AvgIpc) is 3.04. The minimum Gasteiger partial charge on any atom is -0.479 e. The van der Waals surface area contributed by atoms with E-state index in [0.29, 0.717) is 15.4 Å². The summed E-state index contributed by atoms with van der Waals surface area (Å²) >= 11 is 0. The first-order valence-corrected chi connectivity index (χ1v) is 10.1. The third-order valence-electron chi connectivity index (χ3n) is 4.77. The summed E-state index contributed by atoms with van der Waals surface area (Å²) in [4.78, 5) is 36.2. The summed E-state index contributed by atoms with van der Waals surface area (Å²) in [5.74, 6) is -2.95. The highest BCUT2D eigenvalue weighted by Crippen LogP contribution is 2.44. The number of ketones is 1. The minimum absolute atomic E-state index is 0.0638. The van der Waals surface area contributed by atoms with Gasteiger partial charge in [0.1, 0.15) is 5.78 Å². The van der Waals surface area contributed by atoms with Crippen molar-refractivity contribution in [2.45, 2.75) is 30.2 Å². The second-order valence-electron chi connectivity index (χ2n) is 6.76. The number of carbonyl (C=O) groups excluding carboxylic acids is 2. The molecule has 1 heterocycles. The quantitative estimate of drug-likeness (QED) is 0.560. The minimum atomic E-state index is -4.41. The first kappa shape index (κ1) is 20.5. The number of rotatable bonds is 6. The lowest BCUT2D eigenvalue weighted by molar-refractivity contribution is -0.158. The summed E-state index contributed by atoms with van der Waals surface area (Å²) in [6, 6.07) is 11.8. The first-order chi connectivity index (χ1) is 13.6. The number of benzene rings is 2. The molecule has 0 saturated heterocycles. The molecule has 1 aliphatic rings. The molecule has 2 aromatic carbocycles. The van der Waals surface area contributed by atoms with Crippen molar-refractivity contribution in [2.75, 3.05) is 11.4 Å². The molecule has 1 atom stereocenters. The van der Waals surface area contributed by atoms with E-state index in [-0.39, 0.29) is 22.8 Å². The lowest BCUT2D eigenvalue weighted by Crippen LogP contribution is -2.61. The number of hydrogen-bond donors (Lipinski definition) is 1. The predicted octanol–water partition coefficient (Wildman–Crippen LogP) is 1.57. The monoisotopic (exact) mass is 417 g/mol. The average molecular weight is 417 g/mol. The van der Waals surface area contributed by atoms with Crippen LogP contribution in [-0.4, -0.2) is 43.9 Å². The Morgan fingerprint density at radius 3 is 2.34 bits per heavy atom. The van der Waals surface area contributed by atoms with E-state index in [1.165, 1.54) is 37.3 Å². The molecule has 3 rings (SSSR count). The third-order valence-corrected chi connectivity index (χ3v) is 6.62. The Kier molecular flexibility index (Phi) is 5.18. The molecule has 0 radical (unpaired) electrons. The fourth-order valence-electron chi connectivity index (χ4n) is 3.54. The van der Waals surface area contributed by atoms with Gasteiger partial charge in [-0.05, 0) is 36.2 Å². The molecule has 8 nitrogen and oxygen atoms in total. The number of carboxylic acid groups (broad SMARTS) is 1. The van der Waals surface area contributed by atoms with Crippen molar-refractivity contribution >= 4 is 33.4 Å². The smallest absolute Gasteiger partial charge is 0.344 e. The highest BCUT2D eigenvalue weighted by atomic mass is 32.2. The van der Waals surface area contributed by atoms with E-state index in [2.05, 4.69) is 0 Å². The molecular weight excluding hydrogens is 398 g/mol. The van der Waals surface area contributed by atoms with Crippen LogP contribution in [0.25, 0.3) is 0 Å². The van der Waals surface area contributed by atoms with Gasteiger partial charge in [-0.1, -0.05) is 30.3 Å². The van der Waals surface area contributed by atoms with Crippen molar-refractivity contribution in [3.8, 4) is 0 Å². The summed E-state index contributed by atoms with van der Waals surface area (Å²) in [6.45, 7) is 1.41. The number of nitrogens with zero attached hydrogens (tertiary/aromatic N) is 1. The van der Waals surface area contributed by atoms with E-state index >= 15 is 0 Å². The van der Waals surface area contributed by atoms with Gasteiger partial charge in [0.05, 0.1) is 17.7 Å². The maximum Gasteiger partial charge on any atom is 0.344 e. The fourth-order valence-corrected chi connectivity index (χ4v) is 5.31. The van der Waals surface area contributed by atoms with Gasteiger partial charge in [-0.2, -0.15) is 0 Å². The van der Waals surface area contributed by atoms with Crippen LogP contribution in [0.2, 0.25) is 0 Å². The second-order valence-corrected chi connectivity index (χ2v) is 8.54. The standard InChI is InChI=1S/C20H19NO7S/c1-13(22)10-14-8-9-17-15(11-14)12-20(18(23)24,19(25)28-2)21(17)29(26,27)16-6-4-3-5-7-16/h3-9,11H,10,12H2,1-2H3,(H,23,24). The van der Waals surface area contributed by atoms with Gasteiger partial charge in [-0.3, -0.25) is 4.79 Å². The molecule has 0 saturated carbocycles. The molecular formula is C20H19NO7S. The van der Waals surface area contributed by atoms with E-state index in [9.17, 15) is 27.9 Å². The van der Waals surface area contributed by atoms with Crippen molar-refractivity contribution in [2.24, 2.45) is 0 Å². The zero-order valence-corrected chi connectivity index (χ0v) is 16.6. The van der Waals surface area contributed by atoms with E-state index < -0.39 is 33.9 Å². The van der Waals surface area contributed by atoms with Gasteiger partial charge >= 0.3 is 11.9 Å². The molecule has 29 heavy (non-hydrogen) atoms. The van der Waals surface area contributed by atoms with E-state index in [1.54, 1.807) is 18.2 Å². The van der Waals surface area contributed by atoms with Crippen LogP contribution in [0.3, 0.4) is 0 Å². The highest BCUT2D eigenvalue weighted by molar-refractivity contribution is 7.93. The number of aliphatic carboxylic acids is 1. The van der Waals surface area contributed by atoms with Crippen molar-refractivity contribution in [1.29, 1.82) is 0 Å². The molecule has 1 aliphatic heterocycles. The lowest BCUT2D eigenvalue weighted by atomic mass is 9.94. The van der Waals surface area contributed by atoms with Crippen LogP contribution < -0.4 is 4.31 Å². The van der Waals surface area contributed by atoms with Gasteiger partial charge in [-0.25, -0.2) is 22.3 Å². The SMILES string of the molecule is COC(=O)C1(C(=O)O)Cc2cc(CC(C)=O)ccc2N1S(=O)(=O)c1ccccc1. The summed E-state index contributed by atoms with van der Waals surface area (Å²) in [5.41, 5.74) is -1.50. The number of sulfonamides is 1. The third kappa shape index (κ3) is 3.27. The molecule has 1 N–H and O–H groups in total. The molecule has 152 valence electrons. The molecule has 0 aliphatic carbocycles. The number of hydrogen-bond acceptors (Lipinski definition) is 6. The van der Waals surface area contributed by atoms with Gasteiger partial charge in [-0.15, -0.1) is 0 Å². The van der Waals surface area contributed by atoms with Crippen LogP contribution in [0, 0.1) is 0 Å². The number of methoxy groups -OCH3 is 1. The summed E-state index contributed by atoms with van der Waals surface area (Å²) in [6.07, 6.45) is -0.306. The normalized spacial score (nSPS) is 18.2. The topological polar surface area (TPSA) is 118 Å². The highest BCUT2D eigenvalue weighted by Gasteiger charge is 2.61. The van der Waals surface area contributed by atoms with Crippen LogP contribution in [0.5, 0.6) is 0 Å². The van der Waals surface area contributed by atoms with Crippen molar-refractivity contribution in [3.05, 3.63) is 59.7 Å². The van der Waals surface area contributed by atoms with Crippen molar-refractivity contribution in [1.82, 2.24) is 0 Å². The van der Waals surface area contributed by atoms with E-state index in [1.807, 2.05) is 0 Å². The zero-order valence-electron chi connectivity index (χ0n) is 15.8. The van der Waals surface area contributed by atoms with Gasteiger partial charge in [0.25, 0.3) is 15.6 Å². The van der Waals surface area contributed by atoms with E-state index in [4.69, 9.17) is 4.74 Å². The summed E-state index contributed by atoms with van der Waals surface area (Å²) < 4.78 is 32.1. The Labute approximate surface area is 167 Å². The molecule has 2 aromatic rings. The molecule has 9 heteroatoms. The van der Waals surface area contributed by atoms with Gasteiger partial charge < -0.3 is 9.84 Å².